The van der Waals surface area contributed by atoms with Crippen LogP contribution in [0.25, 0.3) is 0 Å². The number of hydrogen-bond acceptors (Lipinski definition) is 6. The summed E-state index contributed by atoms with van der Waals surface area (Å²) in [5.41, 5.74) is 2.49. The predicted molar refractivity (Wildman–Crippen MR) is 121 cm³/mol. The van der Waals surface area contributed by atoms with Crippen LogP contribution in [0.3, 0.4) is 0 Å². The van der Waals surface area contributed by atoms with Gasteiger partial charge in [-0.2, -0.15) is 0 Å². The number of benzene rings is 2. The minimum absolute atomic E-state index is 0.0492. The number of carbonyl (C=O) groups excluding carboxylic acids is 2. The molecule has 8 nitrogen and oxygen atoms in total. The second kappa shape index (κ2) is 11.5. The first-order valence-corrected chi connectivity index (χ1v) is 10.1. The maximum Gasteiger partial charge on any atom is 0.255 e. The SMILES string of the molecule is CCOc1cc(C(=O)Nc2cccc(NC(=O)COC)c2)ccc1OCc1ccncc1. The molecule has 0 aliphatic carbocycles. The molecule has 2 aromatic carbocycles. The van der Waals surface area contributed by atoms with Gasteiger partial charge in [0.2, 0.25) is 5.91 Å². The summed E-state index contributed by atoms with van der Waals surface area (Å²) in [5.74, 6) is 0.435. The maximum atomic E-state index is 12.8. The van der Waals surface area contributed by atoms with Gasteiger partial charge in [-0.05, 0) is 61.0 Å². The molecule has 0 aliphatic rings. The number of aromatic nitrogens is 1. The maximum absolute atomic E-state index is 12.8. The van der Waals surface area contributed by atoms with Crippen LogP contribution in [0.15, 0.2) is 67.0 Å². The fourth-order valence-corrected chi connectivity index (χ4v) is 2.88. The molecule has 2 N–H and O–H groups in total. The van der Waals surface area contributed by atoms with Crippen molar-refractivity contribution in [2.24, 2.45) is 0 Å². The summed E-state index contributed by atoms with van der Waals surface area (Å²) < 4.78 is 16.3. The van der Waals surface area contributed by atoms with Gasteiger partial charge < -0.3 is 24.8 Å². The Morgan fingerprint density at radius 2 is 1.66 bits per heavy atom. The number of nitrogens with one attached hydrogen (secondary N) is 2. The van der Waals surface area contributed by atoms with Gasteiger partial charge in [0.1, 0.15) is 13.2 Å². The number of nitrogens with zero attached hydrogens (tertiary/aromatic N) is 1. The van der Waals surface area contributed by atoms with Gasteiger partial charge in [0, 0.05) is 36.4 Å². The Bertz CT molecular complexity index is 1060. The lowest BCUT2D eigenvalue weighted by molar-refractivity contribution is -0.119. The Morgan fingerprint density at radius 1 is 0.906 bits per heavy atom. The lowest BCUT2D eigenvalue weighted by Gasteiger charge is -2.14. The molecule has 0 spiro atoms. The van der Waals surface area contributed by atoms with Crippen LogP contribution in [-0.2, 0) is 16.1 Å². The second-order valence-corrected chi connectivity index (χ2v) is 6.75. The molecule has 0 fully saturated rings. The minimum Gasteiger partial charge on any atom is -0.490 e. The van der Waals surface area contributed by atoms with E-state index in [1.807, 2.05) is 19.1 Å². The molecule has 0 bridgehead atoms. The smallest absolute Gasteiger partial charge is 0.255 e. The zero-order chi connectivity index (χ0) is 22.8. The quantitative estimate of drug-likeness (QED) is 0.501. The Labute approximate surface area is 186 Å². The lowest BCUT2D eigenvalue weighted by atomic mass is 10.1. The average Bonchev–Trinajstić information content (AvgIpc) is 2.79. The number of pyridine rings is 1. The highest BCUT2D eigenvalue weighted by Crippen LogP contribution is 2.30. The van der Waals surface area contributed by atoms with Gasteiger partial charge in [-0.25, -0.2) is 0 Å². The summed E-state index contributed by atoms with van der Waals surface area (Å²) in [5, 5.41) is 5.53. The first kappa shape index (κ1) is 22.8. The average molecular weight is 435 g/mol. The highest BCUT2D eigenvalue weighted by Gasteiger charge is 2.13. The minimum atomic E-state index is -0.313. The van der Waals surface area contributed by atoms with E-state index in [9.17, 15) is 9.59 Å². The van der Waals surface area contributed by atoms with E-state index < -0.39 is 0 Å². The number of ether oxygens (including phenoxy) is 3. The number of rotatable bonds is 10. The molecule has 0 saturated carbocycles. The molecule has 32 heavy (non-hydrogen) atoms. The van der Waals surface area contributed by atoms with Gasteiger partial charge >= 0.3 is 0 Å². The van der Waals surface area contributed by atoms with Crippen LogP contribution in [0, 0.1) is 0 Å². The number of amides is 2. The first-order valence-electron chi connectivity index (χ1n) is 10.1. The molecule has 2 amide bonds. The molecule has 0 saturated heterocycles. The Morgan fingerprint density at radius 3 is 2.38 bits per heavy atom. The molecule has 166 valence electrons. The molecule has 0 unspecified atom stereocenters. The van der Waals surface area contributed by atoms with Gasteiger partial charge in [0.25, 0.3) is 5.91 Å². The van der Waals surface area contributed by atoms with Crippen LogP contribution < -0.4 is 20.1 Å². The molecule has 1 aromatic heterocycles. The van der Waals surface area contributed by atoms with E-state index in [-0.39, 0.29) is 18.4 Å². The van der Waals surface area contributed by atoms with Crippen LogP contribution in [-0.4, -0.2) is 37.1 Å². The van der Waals surface area contributed by atoms with Crippen molar-refractivity contribution in [1.82, 2.24) is 4.98 Å². The molecule has 8 heteroatoms. The van der Waals surface area contributed by atoms with E-state index in [1.165, 1.54) is 7.11 Å². The van der Waals surface area contributed by atoms with Crippen molar-refractivity contribution in [2.45, 2.75) is 13.5 Å². The summed E-state index contributed by atoms with van der Waals surface area (Å²) in [4.78, 5) is 28.5. The molecular formula is C24H25N3O5. The highest BCUT2D eigenvalue weighted by molar-refractivity contribution is 6.05. The predicted octanol–water partition coefficient (Wildman–Crippen LogP) is 3.90. The first-order chi connectivity index (χ1) is 15.6. The number of anilines is 2. The second-order valence-electron chi connectivity index (χ2n) is 6.75. The van der Waals surface area contributed by atoms with E-state index in [0.29, 0.717) is 41.7 Å². The normalized spacial score (nSPS) is 10.3. The lowest BCUT2D eigenvalue weighted by Crippen LogP contribution is -2.17. The third-order valence-corrected chi connectivity index (χ3v) is 4.33. The van der Waals surface area contributed by atoms with E-state index >= 15 is 0 Å². The van der Waals surface area contributed by atoms with Gasteiger partial charge in [-0.1, -0.05) is 6.07 Å². The molecule has 0 aliphatic heterocycles. The van der Waals surface area contributed by atoms with E-state index in [2.05, 4.69) is 15.6 Å². The molecule has 0 radical (unpaired) electrons. The third-order valence-electron chi connectivity index (χ3n) is 4.33. The molecule has 0 atom stereocenters. The van der Waals surface area contributed by atoms with Crippen LogP contribution in [0.5, 0.6) is 11.5 Å². The Hall–Kier alpha value is -3.91. The zero-order valence-electron chi connectivity index (χ0n) is 18.0. The van der Waals surface area contributed by atoms with Gasteiger partial charge in [-0.15, -0.1) is 0 Å². The van der Waals surface area contributed by atoms with Crippen molar-refractivity contribution in [3.05, 3.63) is 78.1 Å². The molecule has 3 rings (SSSR count). The Kier molecular flexibility index (Phi) is 8.16. The number of carbonyl (C=O) groups is 2. The fraction of sp³-hybridized carbons (Fsp3) is 0.208. The zero-order valence-corrected chi connectivity index (χ0v) is 18.0. The van der Waals surface area contributed by atoms with E-state index in [4.69, 9.17) is 14.2 Å². The topological polar surface area (TPSA) is 98.8 Å². The van der Waals surface area contributed by atoms with Crippen molar-refractivity contribution in [3.63, 3.8) is 0 Å². The molecule has 3 aromatic rings. The van der Waals surface area contributed by atoms with Crippen LogP contribution >= 0.6 is 0 Å². The molecule has 1 heterocycles. The third kappa shape index (κ3) is 6.55. The van der Waals surface area contributed by atoms with Crippen molar-refractivity contribution in [1.29, 1.82) is 0 Å². The summed E-state index contributed by atoms with van der Waals surface area (Å²) in [7, 11) is 1.45. The van der Waals surface area contributed by atoms with Crippen LogP contribution in [0.1, 0.15) is 22.8 Å². The number of methoxy groups -OCH3 is 1. The van der Waals surface area contributed by atoms with Crippen LogP contribution in [0.4, 0.5) is 11.4 Å². The summed E-state index contributed by atoms with van der Waals surface area (Å²) in [6.07, 6.45) is 3.40. The van der Waals surface area contributed by atoms with Crippen molar-refractivity contribution < 1.29 is 23.8 Å². The van der Waals surface area contributed by atoms with Gasteiger partial charge in [0.05, 0.1) is 6.61 Å². The highest BCUT2D eigenvalue weighted by atomic mass is 16.5. The van der Waals surface area contributed by atoms with Crippen molar-refractivity contribution in [3.8, 4) is 11.5 Å². The molecular weight excluding hydrogens is 410 g/mol. The summed E-state index contributed by atoms with van der Waals surface area (Å²) in [6, 6.07) is 15.6. The van der Waals surface area contributed by atoms with Crippen molar-refractivity contribution >= 4 is 23.2 Å². The number of hydrogen-bond donors (Lipinski definition) is 2. The largest absolute Gasteiger partial charge is 0.490 e. The van der Waals surface area contributed by atoms with Crippen molar-refractivity contribution in [2.75, 3.05) is 31.0 Å². The fourth-order valence-electron chi connectivity index (χ4n) is 2.88. The van der Waals surface area contributed by atoms with Crippen LogP contribution in [0.2, 0.25) is 0 Å². The summed E-state index contributed by atoms with van der Waals surface area (Å²) >= 11 is 0. The monoisotopic (exact) mass is 435 g/mol. The van der Waals surface area contributed by atoms with E-state index in [1.54, 1.807) is 54.9 Å². The van der Waals surface area contributed by atoms with Gasteiger partial charge in [0.15, 0.2) is 11.5 Å². The van der Waals surface area contributed by atoms with Gasteiger partial charge in [-0.3, -0.25) is 14.6 Å². The Balaban J connectivity index is 1.69. The van der Waals surface area contributed by atoms with E-state index in [0.717, 1.165) is 5.56 Å². The summed E-state index contributed by atoms with van der Waals surface area (Å²) in [6.45, 7) is 2.60. The standard InChI is InChI=1S/C24H25N3O5/c1-3-31-22-13-18(7-8-21(22)32-15-17-9-11-25-12-10-17)24(29)27-20-6-4-5-19(14-20)26-23(28)16-30-2/h4-14H,3,15-16H2,1-2H3,(H,26,28)(H,27,29).